The Kier molecular flexibility index (Phi) is 7.67. The van der Waals surface area contributed by atoms with Crippen molar-refractivity contribution in [2.75, 3.05) is 19.5 Å². The first-order valence-corrected chi connectivity index (χ1v) is 11.9. The van der Waals surface area contributed by atoms with Gasteiger partial charge in [-0.3, -0.25) is 4.79 Å². The second kappa shape index (κ2) is 11.1. The van der Waals surface area contributed by atoms with Crippen molar-refractivity contribution in [1.82, 2.24) is 9.88 Å². The number of aromatic nitrogens is 1. The number of rotatable bonds is 8. The van der Waals surface area contributed by atoms with E-state index in [1.54, 1.807) is 14.2 Å². The fourth-order valence-corrected chi connectivity index (χ4v) is 4.19. The lowest BCUT2D eigenvalue weighted by atomic mass is 10.1. The van der Waals surface area contributed by atoms with Gasteiger partial charge in [0.2, 0.25) is 0 Å². The molecule has 2 N–H and O–H groups in total. The third kappa shape index (κ3) is 5.81. The van der Waals surface area contributed by atoms with Crippen LogP contribution >= 0.6 is 12.2 Å². The summed E-state index contributed by atoms with van der Waals surface area (Å²) in [7, 11) is 3.25. The van der Waals surface area contributed by atoms with Gasteiger partial charge in [0, 0.05) is 29.4 Å². The summed E-state index contributed by atoms with van der Waals surface area (Å²) in [5.74, 6) is 1.46. The molecule has 7 heteroatoms. The number of hydrogen-bond acceptors (Lipinski definition) is 4. The number of ether oxygens (including phenoxy) is 2. The number of nitrogens with one attached hydrogen (secondary N) is 2. The molecular weight excluding hydrogens is 458 g/mol. The van der Waals surface area contributed by atoms with E-state index in [9.17, 15) is 4.79 Å². The molecule has 0 radical (unpaired) electrons. The molecule has 0 saturated heterocycles. The lowest BCUT2D eigenvalue weighted by Gasteiger charge is -2.27. The largest absolute Gasteiger partial charge is 0.497 e. The van der Waals surface area contributed by atoms with Crippen LogP contribution in [-0.2, 0) is 19.5 Å². The normalized spacial score (nSPS) is 10.7. The summed E-state index contributed by atoms with van der Waals surface area (Å²) in [5, 5.41) is 4.78. The van der Waals surface area contributed by atoms with E-state index in [1.165, 1.54) is 5.56 Å². The first-order valence-electron chi connectivity index (χ1n) is 11.5. The molecule has 0 spiro atoms. The van der Waals surface area contributed by atoms with Crippen LogP contribution in [-0.4, -0.2) is 29.2 Å². The molecule has 180 valence electrons. The molecule has 4 aromatic rings. The Morgan fingerprint density at radius 2 is 1.69 bits per heavy atom. The quantitative estimate of drug-likeness (QED) is 0.320. The van der Waals surface area contributed by atoms with Gasteiger partial charge in [0.15, 0.2) is 5.11 Å². The second-order valence-corrected chi connectivity index (χ2v) is 8.61. The molecule has 1 heterocycles. The lowest BCUT2D eigenvalue weighted by molar-refractivity contribution is 0.377. The maximum atomic E-state index is 13.0. The minimum atomic E-state index is -0.161. The van der Waals surface area contributed by atoms with Crippen molar-refractivity contribution >= 4 is 33.9 Å². The highest BCUT2D eigenvalue weighted by molar-refractivity contribution is 7.80. The third-order valence-electron chi connectivity index (χ3n) is 5.95. The zero-order valence-electron chi connectivity index (χ0n) is 20.1. The average Bonchev–Trinajstić information content (AvgIpc) is 2.89. The highest BCUT2D eigenvalue weighted by atomic mass is 32.1. The summed E-state index contributed by atoms with van der Waals surface area (Å²) in [6.45, 7) is 2.93. The van der Waals surface area contributed by atoms with Crippen molar-refractivity contribution in [2.45, 2.75) is 26.4 Å². The molecule has 0 aliphatic carbocycles. The van der Waals surface area contributed by atoms with Crippen molar-refractivity contribution in [1.29, 1.82) is 0 Å². The van der Waals surface area contributed by atoms with E-state index in [-0.39, 0.29) is 5.56 Å². The van der Waals surface area contributed by atoms with Crippen LogP contribution in [0.15, 0.2) is 77.6 Å². The summed E-state index contributed by atoms with van der Waals surface area (Å²) < 4.78 is 10.8. The van der Waals surface area contributed by atoms with E-state index in [2.05, 4.69) is 29.4 Å². The summed E-state index contributed by atoms with van der Waals surface area (Å²) in [6, 6.07) is 23.5. The number of pyridine rings is 1. The lowest BCUT2D eigenvalue weighted by Crippen LogP contribution is -2.35. The number of benzene rings is 3. The number of nitrogens with zero attached hydrogens (tertiary/aromatic N) is 1. The number of hydrogen-bond donors (Lipinski definition) is 2. The van der Waals surface area contributed by atoms with Crippen LogP contribution in [0.25, 0.3) is 10.9 Å². The molecule has 0 fully saturated rings. The number of methoxy groups -OCH3 is 2. The topological polar surface area (TPSA) is 66.6 Å². The second-order valence-electron chi connectivity index (χ2n) is 8.23. The first kappa shape index (κ1) is 24.3. The first-order chi connectivity index (χ1) is 17.0. The molecule has 0 saturated carbocycles. The third-order valence-corrected chi connectivity index (χ3v) is 6.31. The molecule has 3 aromatic carbocycles. The predicted molar refractivity (Wildman–Crippen MR) is 145 cm³/mol. The number of para-hydroxylation sites is 1. The van der Waals surface area contributed by atoms with E-state index < -0.39 is 0 Å². The number of aromatic amines is 1. The Morgan fingerprint density at radius 3 is 2.40 bits per heavy atom. The number of fused-ring (bicyclic) bond motifs is 1. The number of aryl methyl sites for hydroxylation is 1. The Labute approximate surface area is 210 Å². The van der Waals surface area contributed by atoms with Crippen LogP contribution in [0.3, 0.4) is 0 Å². The van der Waals surface area contributed by atoms with Gasteiger partial charge in [-0.05, 0) is 66.0 Å². The number of thiocarbonyl (C=S) groups is 1. The monoisotopic (exact) mass is 487 g/mol. The van der Waals surface area contributed by atoms with Crippen LogP contribution in [0.1, 0.15) is 23.6 Å². The van der Waals surface area contributed by atoms with Crippen molar-refractivity contribution in [2.24, 2.45) is 0 Å². The molecule has 35 heavy (non-hydrogen) atoms. The van der Waals surface area contributed by atoms with Crippen LogP contribution in [0.4, 0.5) is 5.69 Å². The Balaban J connectivity index is 1.65. The zero-order valence-corrected chi connectivity index (χ0v) is 20.9. The highest BCUT2D eigenvalue weighted by Crippen LogP contribution is 2.23. The van der Waals surface area contributed by atoms with Gasteiger partial charge in [0.05, 0.1) is 26.3 Å². The van der Waals surface area contributed by atoms with E-state index >= 15 is 0 Å². The van der Waals surface area contributed by atoms with E-state index in [0.717, 1.165) is 34.3 Å². The Bertz CT molecular complexity index is 1380. The van der Waals surface area contributed by atoms with E-state index in [1.807, 2.05) is 65.6 Å². The molecular formula is C28H29N3O3S. The Morgan fingerprint density at radius 1 is 0.943 bits per heavy atom. The van der Waals surface area contributed by atoms with Gasteiger partial charge in [-0.15, -0.1) is 0 Å². The van der Waals surface area contributed by atoms with Gasteiger partial charge in [-0.25, -0.2) is 0 Å². The maximum Gasteiger partial charge on any atom is 0.253 e. The van der Waals surface area contributed by atoms with E-state index in [4.69, 9.17) is 21.7 Å². The number of H-pyrrole nitrogens is 1. The molecule has 0 aliphatic rings. The van der Waals surface area contributed by atoms with Gasteiger partial charge >= 0.3 is 0 Å². The molecule has 1 aromatic heterocycles. The van der Waals surface area contributed by atoms with Crippen LogP contribution in [0, 0.1) is 0 Å². The highest BCUT2D eigenvalue weighted by Gasteiger charge is 2.16. The average molecular weight is 488 g/mol. The van der Waals surface area contributed by atoms with Crippen molar-refractivity contribution < 1.29 is 9.47 Å². The van der Waals surface area contributed by atoms with Crippen molar-refractivity contribution in [3.63, 3.8) is 0 Å². The van der Waals surface area contributed by atoms with Gasteiger partial charge in [-0.2, -0.15) is 0 Å². The fraction of sp³-hybridized carbons (Fsp3) is 0.214. The summed E-state index contributed by atoms with van der Waals surface area (Å²) in [5.41, 5.74) is 4.31. The molecule has 0 atom stereocenters. The van der Waals surface area contributed by atoms with Gasteiger partial charge in [0.25, 0.3) is 5.56 Å². The SMILES string of the molecule is CCc1ccc(NC(=S)N(Cc2ccccc2OC)Cc2cc3ccc(OC)cc3[nH]c2=O)cc1. The molecule has 0 aliphatic heterocycles. The smallest absolute Gasteiger partial charge is 0.253 e. The fourth-order valence-electron chi connectivity index (χ4n) is 3.94. The van der Waals surface area contributed by atoms with Crippen molar-refractivity contribution in [3.05, 3.63) is 99.8 Å². The predicted octanol–water partition coefficient (Wildman–Crippen LogP) is 5.51. The number of anilines is 1. The van der Waals surface area contributed by atoms with Crippen molar-refractivity contribution in [3.8, 4) is 11.5 Å². The summed E-state index contributed by atoms with van der Waals surface area (Å²) >= 11 is 5.81. The molecule has 0 bridgehead atoms. The van der Waals surface area contributed by atoms with Gasteiger partial charge < -0.3 is 24.7 Å². The van der Waals surface area contributed by atoms with Crippen LogP contribution in [0.5, 0.6) is 11.5 Å². The van der Waals surface area contributed by atoms with Crippen LogP contribution in [0.2, 0.25) is 0 Å². The zero-order chi connectivity index (χ0) is 24.8. The molecule has 0 unspecified atom stereocenters. The summed E-state index contributed by atoms with van der Waals surface area (Å²) in [6.07, 6.45) is 0.973. The molecule has 6 nitrogen and oxygen atoms in total. The standard InChI is InChI=1S/C28H29N3O3S/c1-4-19-9-12-23(13-10-19)29-28(35)31(17-21-7-5-6-8-26(21)34-3)18-22-15-20-11-14-24(33-2)16-25(20)30-27(22)32/h5-16H,4,17-18H2,1-3H3,(H,29,35)(H,30,32). The van der Waals surface area contributed by atoms with Gasteiger partial charge in [0.1, 0.15) is 11.5 Å². The minimum Gasteiger partial charge on any atom is -0.497 e. The summed E-state index contributed by atoms with van der Waals surface area (Å²) in [4.78, 5) is 17.9. The molecule has 4 rings (SSSR count). The maximum absolute atomic E-state index is 13.0. The minimum absolute atomic E-state index is 0.161. The van der Waals surface area contributed by atoms with Crippen LogP contribution < -0.4 is 20.3 Å². The Hall–Kier alpha value is -3.84. The van der Waals surface area contributed by atoms with E-state index in [0.29, 0.717) is 29.5 Å². The molecule has 0 amide bonds. The van der Waals surface area contributed by atoms with Gasteiger partial charge in [-0.1, -0.05) is 37.3 Å².